The van der Waals surface area contributed by atoms with Gasteiger partial charge in [0, 0.05) is 23.3 Å². The number of nitrogens with zero attached hydrogens (tertiary/aromatic N) is 2. The molecule has 3 aromatic carbocycles. The molecule has 0 radical (unpaired) electrons. The van der Waals surface area contributed by atoms with Crippen molar-refractivity contribution >= 4 is 21.9 Å². The second-order valence-electron chi connectivity index (χ2n) is 7.54. The van der Waals surface area contributed by atoms with Gasteiger partial charge in [-0.2, -0.15) is 0 Å². The molecule has 0 saturated carbocycles. The van der Waals surface area contributed by atoms with Gasteiger partial charge in [0.05, 0.1) is 20.8 Å². The van der Waals surface area contributed by atoms with E-state index in [9.17, 15) is 5.11 Å². The maximum Gasteiger partial charge on any atom is 0.227 e. The lowest BCUT2D eigenvalue weighted by Gasteiger charge is -2.11. The van der Waals surface area contributed by atoms with Gasteiger partial charge in [0.15, 0.2) is 17.1 Å². The summed E-state index contributed by atoms with van der Waals surface area (Å²) >= 11 is 0. The number of aliphatic hydroxyl groups excluding tert-OH is 1. The van der Waals surface area contributed by atoms with E-state index >= 15 is 0 Å². The second-order valence-corrected chi connectivity index (χ2v) is 7.54. The lowest BCUT2D eigenvalue weighted by Crippen LogP contribution is -1.95. The van der Waals surface area contributed by atoms with E-state index in [4.69, 9.17) is 13.9 Å². The highest BCUT2D eigenvalue weighted by molar-refractivity contribution is 5.88. The Morgan fingerprint density at radius 2 is 1.72 bits per heavy atom. The minimum Gasteiger partial charge on any atom is -0.493 e. The Morgan fingerprint density at radius 3 is 2.53 bits per heavy atom. The highest BCUT2D eigenvalue weighted by Gasteiger charge is 2.14. The third-order valence-corrected chi connectivity index (χ3v) is 5.61. The average Bonchev–Trinajstić information content (AvgIpc) is 3.26. The van der Waals surface area contributed by atoms with Crippen LogP contribution in [-0.2, 0) is 13.0 Å². The Morgan fingerprint density at radius 1 is 0.906 bits per heavy atom. The van der Waals surface area contributed by atoms with Gasteiger partial charge < -0.3 is 19.0 Å². The predicted octanol–water partition coefficient (Wildman–Crippen LogP) is 5.14. The van der Waals surface area contributed by atoms with E-state index < -0.39 is 0 Å². The van der Waals surface area contributed by atoms with Crippen LogP contribution in [-0.4, -0.2) is 29.3 Å². The fraction of sp³-hybridized carbons (Fsp3) is 0.154. The van der Waals surface area contributed by atoms with Crippen molar-refractivity contribution in [2.75, 3.05) is 14.2 Å². The van der Waals surface area contributed by atoms with Crippen molar-refractivity contribution in [3.63, 3.8) is 0 Å². The molecule has 0 unspecified atom stereocenters. The molecule has 0 fully saturated rings. The summed E-state index contributed by atoms with van der Waals surface area (Å²) in [4.78, 5) is 9.09. The molecule has 2 heterocycles. The van der Waals surface area contributed by atoms with Crippen molar-refractivity contribution < 1.29 is 19.0 Å². The van der Waals surface area contributed by atoms with Crippen LogP contribution in [0, 0.1) is 0 Å². The first kappa shape index (κ1) is 20.0. The second kappa shape index (κ2) is 8.32. The predicted molar refractivity (Wildman–Crippen MR) is 123 cm³/mol. The first-order valence-corrected chi connectivity index (χ1v) is 10.3. The van der Waals surface area contributed by atoms with E-state index in [-0.39, 0.29) is 6.61 Å². The molecule has 1 N–H and O–H groups in total. The monoisotopic (exact) mass is 426 g/mol. The maximum atomic E-state index is 9.63. The molecule has 0 aliphatic rings. The molecular formula is C26H22N2O4. The average molecular weight is 426 g/mol. The van der Waals surface area contributed by atoms with Crippen LogP contribution >= 0.6 is 0 Å². The van der Waals surface area contributed by atoms with Crippen LogP contribution in [0.15, 0.2) is 71.4 Å². The van der Waals surface area contributed by atoms with Gasteiger partial charge in [0.25, 0.3) is 0 Å². The molecule has 6 nitrogen and oxygen atoms in total. The van der Waals surface area contributed by atoms with Crippen molar-refractivity contribution in [1.29, 1.82) is 0 Å². The van der Waals surface area contributed by atoms with Crippen LogP contribution < -0.4 is 9.47 Å². The quantitative estimate of drug-likeness (QED) is 0.405. The largest absolute Gasteiger partial charge is 0.493 e. The third kappa shape index (κ3) is 3.55. The van der Waals surface area contributed by atoms with E-state index in [1.54, 1.807) is 14.2 Å². The minimum atomic E-state index is -0.0670. The first-order valence-electron chi connectivity index (χ1n) is 10.3. The Kier molecular flexibility index (Phi) is 5.21. The number of rotatable bonds is 6. The number of oxazole rings is 1. The van der Waals surface area contributed by atoms with Crippen LogP contribution in [0.3, 0.4) is 0 Å². The van der Waals surface area contributed by atoms with Gasteiger partial charge in [0.1, 0.15) is 5.52 Å². The summed E-state index contributed by atoms with van der Waals surface area (Å²) in [5.41, 5.74) is 5.24. The molecule has 0 atom stereocenters. The molecule has 160 valence electrons. The highest BCUT2D eigenvalue weighted by Crippen LogP contribution is 2.34. The highest BCUT2D eigenvalue weighted by atomic mass is 16.5. The van der Waals surface area contributed by atoms with Gasteiger partial charge in [-0.3, -0.25) is 4.98 Å². The zero-order valence-corrected chi connectivity index (χ0v) is 17.8. The van der Waals surface area contributed by atoms with Gasteiger partial charge in [0.2, 0.25) is 5.89 Å². The van der Waals surface area contributed by atoms with Crippen LogP contribution in [0.5, 0.6) is 11.5 Å². The number of methoxy groups -OCH3 is 2. The molecular weight excluding hydrogens is 404 g/mol. The van der Waals surface area contributed by atoms with Crippen molar-refractivity contribution in [2.45, 2.75) is 13.0 Å². The molecule has 0 spiro atoms. The number of ether oxygens (including phenoxy) is 2. The molecule has 2 aromatic heterocycles. The third-order valence-electron chi connectivity index (χ3n) is 5.61. The lowest BCUT2D eigenvalue weighted by molar-refractivity contribution is 0.282. The fourth-order valence-corrected chi connectivity index (χ4v) is 3.98. The van der Waals surface area contributed by atoms with E-state index in [0.29, 0.717) is 29.4 Å². The molecule has 32 heavy (non-hydrogen) atoms. The van der Waals surface area contributed by atoms with Crippen LogP contribution in [0.1, 0.15) is 16.7 Å². The Hall–Kier alpha value is -3.90. The van der Waals surface area contributed by atoms with Crippen LogP contribution in [0.4, 0.5) is 0 Å². The van der Waals surface area contributed by atoms with Crippen molar-refractivity contribution in [2.24, 2.45) is 0 Å². The molecule has 0 bridgehead atoms. The van der Waals surface area contributed by atoms with E-state index in [1.807, 2.05) is 67.0 Å². The molecule has 0 aliphatic heterocycles. The number of aromatic nitrogens is 2. The van der Waals surface area contributed by atoms with E-state index in [2.05, 4.69) is 9.97 Å². The minimum absolute atomic E-state index is 0.0670. The van der Waals surface area contributed by atoms with Crippen molar-refractivity contribution in [3.05, 3.63) is 83.7 Å². The Bertz CT molecular complexity index is 1420. The van der Waals surface area contributed by atoms with Gasteiger partial charge in [-0.25, -0.2) is 4.98 Å². The summed E-state index contributed by atoms with van der Waals surface area (Å²) in [6, 6.07) is 17.5. The van der Waals surface area contributed by atoms with Crippen LogP contribution in [0.2, 0.25) is 0 Å². The molecule has 5 aromatic rings. The van der Waals surface area contributed by atoms with Gasteiger partial charge >= 0.3 is 0 Å². The summed E-state index contributed by atoms with van der Waals surface area (Å²) in [7, 11) is 3.26. The number of hydrogen-bond donors (Lipinski definition) is 1. The zero-order valence-electron chi connectivity index (χ0n) is 17.8. The number of pyridine rings is 1. The Labute approximate surface area is 185 Å². The molecule has 0 aliphatic carbocycles. The normalized spacial score (nSPS) is 11.2. The van der Waals surface area contributed by atoms with Gasteiger partial charge in [-0.1, -0.05) is 24.3 Å². The van der Waals surface area contributed by atoms with Gasteiger partial charge in [-0.05, 0) is 58.8 Å². The molecule has 5 rings (SSSR count). The summed E-state index contributed by atoms with van der Waals surface area (Å²) in [5, 5.41) is 11.7. The smallest absolute Gasteiger partial charge is 0.227 e. The topological polar surface area (TPSA) is 77.6 Å². The SMILES string of the molecule is COc1cc2cncc(Cc3ccc4oc(-c5ccccc5CO)nc4c3)c2cc1OC. The van der Waals surface area contributed by atoms with Crippen molar-refractivity contribution in [1.82, 2.24) is 9.97 Å². The van der Waals surface area contributed by atoms with Gasteiger partial charge in [-0.15, -0.1) is 0 Å². The number of hydrogen-bond acceptors (Lipinski definition) is 6. The zero-order chi connectivity index (χ0) is 22.1. The number of fused-ring (bicyclic) bond motifs is 2. The molecule has 6 heteroatoms. The molecule has 0 saturated heterocycles. The van der Waals surface area contributed by atoms with E-state index in [0.717, 1.165) is 38.5 Å². The summed E-state index contributed by atoms with van der Waals surface area (Å²) in [6.45, 7) is -0.0670. The number of benzene rings is 3. The fourth-order valence-electron chi connectivity index (χ4n) is 3.98. The maximum absolute atomic E-state index is 9.63. The standard InChI is InChI=1S/C26H22N2O4/c1-30-24-11-19-14-27-13-18(21(19)12-25(24)31-2)9-16-7-8-23-22(10-16)28-26(32-23)20-6-4-3-5-17(20)15-29/h3-8,10-14,29H,9,15H2,1-2H3. The summed E-state index contributed by atoms with van der Waals surface area (Å²) in [5.74, 6) is 1.87. The Balaban J connectivity index is 1.53. The van der Waals surface area contributed by atoms with Crippen LogP contribution in [0.25, 0.3) is 33.3 Å². The summed E-state index contributed by atoms with van der Waals surface area (Å²) < 4.78 is 16.9. The first-order chi connectivity index (χ1) is 15.7. The molecule has 0 amide bonds. The van der Waals surface area contributed by atoms with E-state index in [1.165, 1.54) is 0 Å². The summed E-state index contributed by atoms with van der Waals surface area (Å²) in [6.07, 6.45) is 4.39. The number of aliphatic hydroxyl groups is 1. The van der Waals surface area contributed by atoms with Crippen molar-refractivity contribution in [3.8, 4) is 23.0 Å². The lowest BCUT2D eigenvalue weighted by atomic mass is 10.00.